The third-order valence-corrected chi connectivity index (χ3v) is 3.92. The van der Waals surface area contributed by atoms with Crippen molar-refractivity contribution in [3.63, 3.8) is 0 Å². The van der Waals surface area contributed by atoms with Crippen molar-refractivity contribution < 1.29 is 4.79 Å². The Bertz CT molecular complexity index is 386. The van der Waals surface area contributed by atoms with Crippen molar-refractivity contribution in [1.29, 1.82) is 0 Å². The largest absolute Gasteiger partial charge is 0.343 e. The van der Waals surface area contributed by atoms with Crippen LogP contribution in [0.3, 0.4) is 0 Å². The third-order valence-electron chi connectivity index (χ3n) is 3.92. The van der Waals surface area contributed by atoms with E-state index in [0.29, 0.717) is 12.3 Å². The first-order valence-corrected chi connectivity index (χ1v) is 7.16. The molecular weight excluding hydrogens is 238 g/mol. The molecule has 1 aliphatic heterocycles. The Labute approximate surface area is 115 Å². The van der Waals surface area contributed by atoms with Crippen LogP contribution in [-0.4, -0.2) is 35.4 Å². The fourth-order valence-corrected chi connectivity index (χ4v) is 2.67. The molecule has 0 saturated carbocycles. The van der Waals surface area contributed by atoms with E-state index in [1.807, 2.05) is 17.0 Å². The molecular formula is C15H23N3O. The van der Waals surface area contributed by atoms with E-state index in [0.717, 1.165) is 45.3 Å². The maximum absolute atomic E-state index is 12.1. The van der Waals surface area contributed by atoms with Crippen LogP contribution in [0.4, 0.5) is 0 Å². The van der Waals surface area contributed by atoms with Crippen molar-refractivity contribution >= 4 is 5.91 Å². The van der Waals surface area contributed by atoms with Gasteiger partial charge in [-0.05, 0) is 55.8 Å². The molecule has 1 saturated heterocycles. The van der Waals surface area contributed by atoms with Gasteiger partial charge >= 0.3 is 0 Å². The standard InChI is InChI=1S/C15H23N3O/c16-8-3-14-6-11-18(12-7-14)15(19)2-1-13-4-9-17-10-5-13/h4-5,9-10,14H,1-3,6-8,11-12,16H2. The molecule has 19 heavy (non-hydrogen) atoms. The topological polar surface area (TPSA) is 59.2 Å². The zero-order valence-electron chi connectivity index (χ0n) is 11.4. The zero-order chi connectivity index (χ0) is 13.5. The molecule has 0 aliphatic carbocycles. The van der Waals surface area contributed by atoms with Crippen LogP contribution in [0.25, 0.3) is 0 Å². The summed E-state index contributed by atoms with van der Waals surface area (Å²) in [5.41, 5.74) is 6.76. The second-order valence-electron chi connectivity index (χ2n) is 5.26. The number of hydrogen-bond donors (Lipinski definition) is 1. The van der Waals surface area contributed by atoms with Crippen molar-refractivity contribution in [2.75, 3.05) is 19.6 Å². The number of aromatic nitrogens is 1. The molecule has 0 aromatic carbocycles. The molecule has 1 aliphatic rings. The van der Waals surface area contributed by atoms with E-state index in [2.05, 4.69) is 4.98 Å². The summed E-state index contributed by atoms with van der Waals surface area (Å²) in [6.07, 6.45) is 8.28. The van der Waals surface area contributed by atoms with Crippen molar-refractivity contribution in [3.05, 3.63) is 30.1 Å². The van der Waals surface area contributed by atoms with Crippen LogP contribution in [-0.2, 0) is 11.2 Å². The molecule has 2 rings (SSSR count). The molecule has 0 radical (unpaired) electrons. The van der Waals surface area contributed by atoms with Gasteiger partial charge in [0, 0.05) is 31.9 Å². The molecule has 1 fully saturated rings. The van der Waals surface area contributed by atoms with Crippen LogP contribution < -0.4 is 5.73 Å². The first-order chi connectivity index (χ1) is 9.29. The highest BCUT2D eigenvalue weighted by Crippen LogP contribution is 2.20. The number of aryl methyl sites for hydroxylation is 1. The lowest BCUT2D eigenvalue weighted by Crippen LogP contribution is -2.38. The van der Waals surface area contributed by atoms with Crippen molar-refractivity contribution in [2.45, 2.75) is 32.1 Å². The van der Waals surface area contributed by atoms with E-state index < -0.39 is 0 Å². The number of likely N-dealkylation sites (tertiary alicyclic amines) is 1. The minimum absolute atomic E-state index is 0.281. The number of carbonyl (C=O) groups is 1. The normalized spacial score (nSPS) is 16.6. The summed E-state index contributed by atoms with van der Waals surface area (Å²) in [6, 6.07) is 3.95. The van der Waals surface area contributed by atoms with Gasteiger partial charge in [-0.2, -0.15) is 0 Å². The van der Waals surface area contributed by atoms with Crippen LogP contribution >= 0.6 is 0 Å². The number of carbonyl (C=O) groups excluding carboxylic acids is 1. The van der Waals surface area contributed by atoms with Crippen LogP contribution in [0.5, 0.6) is 0 Å². The Morgan fingerprint density at radius 1 is 1.32 bits per heavy atom. The van der Waals surface area contributed by atoms with Gasteiger partial charge in [0.15, 0.2) is 0 Å². The highest BCUT2D eigenvalue weighted by molar-refractivity contribution is 5.76. The molecule has 1 amide bonds. The van der Waals surface area contributed by atoms with Gasteiger partial charge in [0.2, 0.25) is 5.91 Å². The molecule has 4 heteroatoms. The van der Waals surface area contributed by atoms with Crippen LogP contribution in [0.15, 0.2) is 24.5 Å². The monoisotopic (exact) mass is 261 g/mol. The van der Waals surface area contributed by atoms with Crippen LogP contribution in [0.2, 0.25) is 0 Å². The molecule has 1 aromatic rings. The minimum Gasteiger partial charge on any atom is -0.343 e. The van der Waals surface area contributed by atoms with E-state index in [1.165, 1.54) is 5.56 Å². The third kappa shape index (κ3) is 4.31. The van der Waals surface area contributed by atoms with Gasteiger partial charge in [-0.25, -0.2) is 0 Å². The van der Waals surface area contributed by atoms with Gasteiger partial charge in [-0.15, -0.1) is 0 Å². The first kappa shape index (κ1) is 14.0. The molecule has 0 atom stereocenters. The highest BCUT2D eigenvalue weighted by Gasteiger charge is 2.21. The summed E-state index contributed by atoms with van der Waals surface area (Å²) < 4.78 is 0. The fourth-order valence-electron chi connectivity index (χ4n) is 2.67. The predicted molar refractivity (Wildman–Crippen MR) is 75.5 cm³/mol. The molecule has 0 spiro atoms. The lowest BCUT2D eigenvalue weighted by Gasteiger charge is -2.32. The van der Waals surface area contributed by atoms with Crippen LogP contribution in [0.1, 0.15) is 31.2 Å². The molecule has 104 valence electrons. The number of nitrogens with zero attached hydrogens (tertiary/aromatic N) is 2. The summed E-state index contributed by atoms with van der Waals surface area (Å²) >= 11 is 0. The predicted octanol–water partition coefficient (Wildman–Crippen LogP) is 1.60. The second kappa shape index (κ2) is 7.24. The number of amides is 1. The van der Waals surface area contributed by atoms with E-state index in [4.69, 9.17) is 5.73 Å². The van der Waals surface area contributed by atoms with Crippen LogP contribution in [0, 0.1) is 5.92 Å². The van der Waals surface area contributed by atoms with Gasteiger partial charge in [0.1, 0.15) is 0 Å². The summed E-state index contributed by atoms with van der Waals surface area (Å²) in [6.45, 7) is 2.57. The number of nitrogens with two attached hydrogens (primary N) is 1. The van der Waals surface area contributed by atoms with E-state index >= 15 is 0 Å². The van der Waals surface area contributed by atoms with Crippen molar-refractivity contribution in [3.8, 4) is 0 Å². The Kier molecular flexibility index (Phi) is 5.33. The molecule has 1 aromatic heterocycles. The summed E-state index contributed by atoms with van der Waals surface area (Å²) in [4.78, 5) is 18.1. The second-order valence-corrected chi connectivity index (χ2v) is 5.26. The Hall–Kier alpha value is -1.42. The highest BCUT2D eigenvalue weighted by atomic mass is 16.2. The van der Waals surface area contributed by atoms with Gasteiger partial charge in [-0.1, -0.05) is 0 Å². The van der Waals surface area contributed by atoms with Gasteiger partial charge in [0.25, 0.3) is 0 Å². The molecule has 0 bridgehead atoms. The van der Waals surface area contributed by atoms with Gasteiger partial charge in [0.05, 0.1) is 0 Å². The lowest BCUT2D eigenvalue weighted by molar-refractivity contribution is -0.132. The Morgan fingerprint density at radius 3 is 2.63 bits per heavy atom. The molecule has 2 heterocycles. The minimum atomic E-state index is 0.281. The maximum Gasteiger partial charge on any atom is 0.222 e. The van der Waals surface area contributed by atoms with Crippen molar-refractivity contribution in [2.24, 2.45) is 11.7 Å². The summed E-state index contributed by atoms with van der Waals surface area (Å²) in [7, 11) is 0. The van der Waals surface area contributed by atoms with Gasteiger partial charge in [-0.3, -0.25) is 9.78 Å². The quantitative estimate of drug-likeness (QED) is 0.876. The Morgan fingerprint density at radius 2 is 2.00 bits per heavy atom. The van der Waals surface area contributed by atoms with Crippen molar-refractivity contribution in [1.82, 2.24) is 9.88 Å². The summed E-state index contributed by atoms with van der Waals surface area (Å²) in [5, 5.41) is 0. The van der Waals surface area contributed by atoms with E-state index in [9.17, 15) is 4.79 Å². The summed E-state index contributed by atoms with van der Waals surface area (Å²) in [5.74, 6) is 0.997. The van der Waals surface area contributed by atoms with Gasteiger partial charge < -0.3 is 10.6 Å². The Balaban J connectivity index is 1.73. The molecule has 0 unspecified atom stereocenters. The average molecular weight is 261 g/mol. The first-order valence-electron chi connectivity index (χ1n) is 7.16. The lowest BCUT2D eigenvalue weighted by atomic mass is 9.93. The fraction of sp³-hybridized carbons (Fsp3) is 0.600. The van der Waals surface area contributed by atoms with E-state index in [1.54, 1.807) is 12.4 Å². The molecule has 2 N–H and O–H groups in total. The smallest absolute Gasteiger partial charge is 0.222 e. The average Bonchev–Trinajstić information content (AvgIpc) is 2.47. The number of pyridine rings is 1. The SMILES string of the molecule is NCCC1CCN(C(=O)CCc2ccncc2)CC1. The maximum atomic E-state index is 12.1. The number of rotatable bonds is 5. The van der Waals surface area contributed by atoms with E-state index in [-0.39, 0.29) is 5.91 Å². The number of piperidine rings is 1. The zero-order valence-corrected chi connectivity index (χ0v) is 11.4. The molecule has 4 nitrogen and oxygen atoms in total. The number of hydrogen-bond acceptors (Lipinski definition) is 3.